The topological polar surface area (TPSA) is 44.8 Å². The van der Waals surface area contributed by atoms with Crippen molar-refractivity contribution in [3.05, 3.63) is 59.7 Å². The van der Waals surface area contributed by atoms with Gasteiger partial charge in [-0.25, -0.2) is 0 Å². The Balaban J connectivity index is 1.91. The average Bonchev–Trinajstić information content (AvgIpc) is 3.18. The molecule has 0 spiro atoms. The van der Waals surface area contributed by atoms with E-state index in [0.29, 0.717) is 0 Å². The van der Waals surface area contributed by atoms with Crippen LogP contribution >= 0.6 is 0 Å². The molecule has 4 heteroatoms. The van der Waals surface area contributed by atoms with E-state index in [0.717, 1.165) is 35.5 Å². The minimum Gasteiger partial charge on any atom is -0.493 e. The van der Waals surface area contributed by atoms with Gasteiger partial charge < -0.3 is 14.2 Å². The van der Waals surface area contributed by atoms with Gasteiger partial charge in [0, 0.05) is 5.92 Å². The Morgan fingerprint density at radius 2 is 1.69 bits per heavy atom. The molecule has 0 heterocycles. The number of hydrogen-bond donors (Lipinski definition) is 0. The Bertz CT molecular complexity index is 801. The molecule has 156 valence electrons. The second kappa shape index (κ2) is 9.34. The maximum Gasteiger partial charge on any atom is 0.307 e. The molecule has 0 amide bonds. The van der Waals surface area contributed by atoms with Gasteiger partial charge in [-0.05, 0) is 69.7 Å². The van der Waals surface area contributed by atoms with E-state index < -0.39 is 5.60 Å². The van der Waals surface area contributed by atoms with E-state index in [1.54, 1.807) is 7.11 Å². The molecule has 1 atom stereocenters. The molecular formula is C25H32O4. The first-order valence-electron chi connectivity index (χ1n) is 10.5. The highest BCUT2D eigenvalue weighted by molar-refractivity contribution is 5.72. The monoisotopic (exact) mass is 396 g/mol. The molecule has 4 nitrogen and oxygen atoms in total. The van der Waals surface area contributed by atoms with Gasteiger partial charge in [-0.15, -0.1) is 0 Å². The molecule has 0 aliphatic heterocycles. The van der Waals surface area contributed by atoms with Crippen molar-refractivity contribution < 1.29 is 19.0 Å². The number of benzene rings is 2. The second-order valence-electron chi connectivity index (χ2n) is 8.69. The quantitative estimate of drug-likeness (QED) is 0.548. The van der Waals surface area contributed by atoms with E-state index in [1.165, 1.54) is 12.8 Å². The van der Waals surface area contributed by atoms with Crippen molar-refractivity contribution in [2.75, 3.05) is 7.11 Å². The lowest BCUT2D eigenvalue weighted by molar-refractivity contribution is -0.155. The zero-order chi connectivity index (χ0) is 20.9. The second-order valence-corrected chi connectivity index (χ2v) is 8.69. The predicted molar refractivity (Wildman–Crippen MR) is 115 cm³/mol. The third kappa shape index (κ3) is 5.99. The normalized spacial score (nSPS) is 15.7. The van der Waals surface area contributed by atoms with Crippen LogP contribution in [0.4, 0.5) is 0 Å². The Morgan fingerprint density at radius 3 is 2.31 bits per heavy atom. The Hall–Kier alpha value is -2.49. The van der Waals surface area contributed by atoms with Crippen LogP contribution < -0.4 is 9.47 Å². The fourth-order valence-electron chi connectivity index (χ4n) is 3.85. The summed E-state index contributed by atoms with van der Waals surface area (Å²) in [5.41, 5.74) is 1.60. The Labute approximate surface area is 174 Å². The van der Waals surface area contributed by atoms with Crippen molar-refractivity contribution in [3.8, 4) is 11.5 Å². The van der Waals surface area contributed by atoms with Crippen molar-refractivity contribution in [2.45, 2.75) is 70.5 Å². The molecule has 3 rings (SSSR count). The predicted octanol–water partition coefficient (Wildman–Crippen LogP) is 5.88. The minimum atomic E-state index is -0.505. The molecule has 1 aliphatic rings. The van der Waals surface area contributed by atoms with Crippen molar-refractivity contribution >= 4 is 5.97 Å². The SMILES string of the molecule is COc1ccc([C@H](CC(=O)OC(C)(C)C)c2ccccc2)cc1OC1CCCC1. The van der Waals surface area contributed by atoms with Crippen LogP contribution in [0.25, 0.3) is 0 Å². The van der Waals surface area contributed by atoms with Crippen LogP contribution in [0, 0.1) is 0 Å². The Morgan fingerprint density at radius 1 is 1.00 bits per heavy atom. The summed E-state index contributed by atoms with van der Waals surface area (Å²) in [7, 11) is 1.66. The number of carbonyl (C=O) groups is 1. The van der Waals surface area contributed by atoms with Crippen LogP contribution in [0.1, 0.15) is 69.9 Å². The van der Waals surface area contributed by atoms with Gasteiger partial charge in [0.25, 0.3) is 0 Å². The summed E-state index contributed by atoms with van der Waals surface area (Å²) < 4.78 is 17.4. The molecule has 0 N–H and O–H groups in total. The van der Waals surface area contributed by atoms with Crippen molar-refractivity contribution in [1.82, 2.24) is 0 Å². The summed E-state index contributed by atoms with van der Waals surface area (Å²) in [5.74, 6) is 1.16. The highest BCUT2D eigenvalue weighted by Gasteiger charge is 2.25. The van der Waals surface area contributed by atoms with Crippen LogP contribution in [0.2, 0.25) is 0 Å². The van der Waals surface area contributed by atoms with E-state index >= 15 is 0 Å². The molecule has 2 aromatic carbocycles. The number of methoxy groups -OCH3 is 1. The molecule has 2 aromatic rings. The van der Waals surface area contributed by atoms with E-state index in [2.05, 4.69) is 12.1 Å². The van der Waals surface area contributed by atoms with Gasteiger partial charge in [0.05, 0.1) is 19.6 Å². The third-order valence-corrected chi connectivity index (χ3v) is 5.18. The largest absolute Gasteiger partial charge is 0.493 e. The molecule has 0 saturated heterocycles. The van der Waals surface area contributed by atoms with Gasteiger partial charge in [-0.1, -0.05) is 36.4 Å². The first-order valence-corrected chi connectivity index (χ1v) is 10.5. The average molecular weight is 397 g/mol. The maximum absolute atomic E-state index is 12.6. The van der Waals surface area contributed by atoms with Gasteiger partial charge in [-0.2, -0.15) is 0 Å². The lowest BCUT2D eigenvalue weighted by Crippen LogP contribution is -2.25. The van der Waals surface area contributed by atoms with E-state index in [-0.39, 0.29) is 24.4 Å². The molecule has 0 bridgehead atoms. The van der Waals surface area contributed by atoms with E-state index in [1.807, 2.05) is 57.2 Å². The van der Waals surface area contributed by atoms with Crippen LogP contribution in [-0.4, -0.2) is 24.8 Å². The number of esters is 1. The van der Waals surface area contributed by atoms with Crippen molar-refractivity contribution in [3.63, 3.8) is 0 Å². The first kappa shape index (κ1) is 21.2. The molecule has 29 heavy (non-hydrogen) atoms. The summed E-state index contributed by atoms with van der Waals surface area (Å²) >= 11 is 0. The molecule has 0 unspecified atom stereocenters. The summed E-state index contributed by atoms with van der Waals surface area (Å²) in [5, 5.41) is 0. The summed E-state index contributed by atoms with van der Waals surface area (Å²) in [6.07, 6.45) is 5.08. The number of carbonyl (C=O) groups excluding carboxylic acids is 1. The van der Waals surface area contributed by atoms with E-state index in [4.69, 9.17) is 14.2 Å². The lowest BCUT2D eigenvalue weighted by atomic mass is 9.88. The van der Waals surface area contributed by atoms with Crippen molar-refractivity contribution in [2.24, 2.45) is 0 Å². The summed E-state index contributed by atoms with van der Waals surface area (Å²) in [4.78, 5) is 12.6. The highest BCUT2D eigenvalue weighted by Crippen LogP contribution is 2.37. The standard InChI is InChI=1S/C25H32O4/c1-25(2,3)29-24(26)17-21(18-10-6-5-7-11-18)19-14-15-22(27-4)23(16-19)28-20-12-8-9-13-20/h5-7,10-11,14-16,20-21H,8-9,12-13,17H2,1-4H3/t21-/m1/s1. The number of rotatable bonds is 7. The van der Waals surface area contributed by atoms with Crippen LogP contribution in [0.3, 0.4) is 0 Å². The molecular weight excluding hydrogens is 364 g/mol. The van der Waals surface area contributed by atoms with Gasteiger partial charge in [-0.3, -0.25) is 4.79 Å². The van der Waals surface area contributed by atoms with Crippen LogP contribution in [0.15, 0.2) is 48.5 Å². The molecule has 1 saturated carbocycles. The van der Waals surface area contributed by atoms with Gasteiger partial charge in [0.2, 0.25) is 0 Å². The Kier molecular flexibility index (Phi) is 6.83. The molecule has 1 fully saturated rings. The molecule has 0 radical (unpaired) electrons. The zero-order valence-electron chi connectivity index (χ0n) is 17.9. The first-order chi connectivity index (χ1) is 13.9. The van der Waals surface area contributed by atoms with Crippen molar-refractivity contribution in [1.29, 1.82) is 0 Å². The number of hydrogen-bond acceptors (Lipinski definition) is 4. The van der Waals surface area contributed by atoms with Crippen LogP contribution in [-0.2, 0) is 9.53 Å². The fraction of sp³-hybridized carbons (Fsp3) is 0.480. The van der Waals surface area contributed by atoms with Crippen LogP contribution in [0.5, 0.6) is 11.5 Å². The fourth-order valence-corrected chi connectivity index (χ4v) is 3.85. The molecule has 0 aromatic heterocycles. The van der Waals surface area contributed by atoms with Gasteiger partial charge in [0.1, 0.15) is 5.60 Å². The lowest BCUT2D eigenvalue weighted by Gasteiger charge is -2.24. The van der Waals surface area contributed by atoms with Gasteiger partial charge >= 0.3 is 5.97 Å². The minimum absolute atomic E-state index is 0.108. The maximum atomic E-state index is 12.6. The third-order valence-electron chi connectivity index (χ3n) is 5.18. The summed E-state index contributed by atoms with van der Waals surface area (Å²) in [6.45, 7) is 5.68. The van der Waals surface area contributed by atoms with Gasteiger partial charge in [0.15, 0.2) is 11.5 Å². The zero-order valence-corrected chi connectivity index (χ0v) is 17.9. The molecule has 1 aliphatic carbocycles. The smallest absolute Gasteiger partial charge is 0.307 e. The van der Waals surface area contributed by atoms with E-state index in [9.17, 15) is 4.79 Å². The number of ether oxygens (including phenoxy) is 3. The highest BCUT2D eigenvalue weighted by atomic mass is 16.6. The summed E-state index contributed by atoms with van der Waals surface area (Å²) in [6, 6.07) is 16.1.